The molecule has 1 aliphatic rings. The van der Waals surface area contributed by atoms with Crippen molar-refractivity contribution in [2.75, 3.05) is 13.6 Å². The Morgan fingerprint density at radius 3 is 2.76 bits per heavy atom. The molecule has 17 heavy (non-hydrogen) atoms. The van der Waals surface area contributed by atoms with Crippen molar-refractivity contribution in [3.8, 4) is 0 Å². The zero-order chi connectivity index (χ0) is 12.5. The number of sulfonamides is 1. The van der Waals surface area contributed by atoms with Crippen LogP contribution in [0.4, 0.5) is 0 Å². The summed E-state index contributed by atoms with van der Waals surface area (Å²) < 4.78 is 25.7. The molecule has 0 aliphatic heterocycles. The summed E-state index contributed by atoms with van der Waals surface area (Å²) in [7, 11) is -1.79. The SMILES string of the molecule is CN(CC1CC(N)C1)S(=O)(=O)c1cccnc1. The molecule has 1 aromatic rings. The van der Waals surface area contributed by atoms with Crippen molar-refractivity contribution in [3.05, 3.63) is 24.5 Å². The molecule has 1 aliphatic carbocycles. The molecule has 0 atom stereocenters. The van der Waals surface area contributed by atoms with Gasteiger partial charge in [0, 0.05) is 32.0 Å². The van der Waals surface area contributed by atoms with Crippen LogP contribution in [-0.2, 0) is 10.0 Å². The molecule has 2 N–H and O–H groups in total. The standard InChI is InChI=1S/C11H17N3O2S/c1-14(8-9-5-10(12)6-9)17(15,16)11-3-2-4-13-7-11/h2-4,7,9-10H,5-6,8,12H2,1H3. The minimum absolute atomic E-state index is 0.242. The molecule has 0 saturated heterocycles. The summed E-state index contributed by atoms with van der Waals surface area (Å²) in [4.78, 5) is 4.07. The molecule has 6 heteroatoms. The van der Waals surface area contributed by atoms with Crippen LogP contribution in [0.25, 0.3) is 0 Å². The van der Waals surface area contributed by atoms with Crippen LogP contribution in [0.15, 0.2) is 29.4 Å². The van der Waals surface area contributed by atoms with Crippen molar-refractivity contribution in [2.45, 2.75) is 23.8 Å². The molecule has 1 heterocycles. The fourth-order valence-electron chi connectivity index (χ4n) is 2.08. The molecule has 0 radical (unpaired) electrons. The Hall–Kier alpha value is -0.980. The highest BCUT2D eigenvalue weighted by molar-refractivity contribution is 7.89. The van der Waals surface area contributed by atoms with Gasteiger partial charge in [-0.25, -0.2) is 12.7 Å². The van der Waals surface area contributed by atoms with Gasteiger partial charge in [0.2, 0.25) is 10.0 Å². The Kier molecular flexibility index (Phi) is 3.46. The van der Waals surface area contributed by atoms with Crippen molar-refractivity contribution in [3.63, 3.8) is 0 Å². The molecule has 2 rings (SSSR count). The number of nitrogens with zero attached hydrogens (tertiary/aromatic N) is 2. The van der Waals surface area contributed by atoms with Gasteiger partial charge in [-0.05, 0) is 30.9 Å². The Bertz CT molecular complexity index is 469. The van der Waals surface area contributed by atoms with Gasteiger partial charge >= 0.3 is 0 Å². The van der Waals surface area contributed by atoms with Gasteiger partial charge in [-0.3, -0.25) is 4.98 Å². The smallest absolute Gasteiger partial charge is 0.244 e. The van der Waals surface area contributed by atoms with Gasteiger partial charge in [-0.15, -0.1) is 0 Å². The first-order valence-electron chi connectivity index (χ1n) is 5.62. The van der Waals surface area contributed by atoms with Crippen LogP contribution in [-0.4, -0.2) is 37.3 Å². The van der Waals surface area contributed by atoms with Crippen molar-refractivity contribution in [1.29, 1.82) is 0 Å². The van der Waals surface area contributed by atoms with Crippen molar-refractivity contribution < 1.29 is 8.42 Å². The number of nitrogens with two attached hydrogens (primary N) is 1. The summed E-state index contributed by atoms with van der Waals surface area (Å²) in [6.07, 6.45) is 4.75. The van der Waals surface area contributed by atoms with Crippen LogP contribution in [0, 0.1) is 5.92 Å². The van der Waals surface area contributed by atoms with E-state index in [1.165, 1.54) is 10.5 Å². The highest BCUT2D eigenvalue weighted by Crippen LogP contribution is 2.27. The van der Waals surface area contributed by atoms with Crippen LogP contribution in [0.2, 0.25) is 0 Å². The Morgan fingerprint density at radius 1 is 1.53 bits per heavy atom. The second kappa shape index (κ2) is 4.72. The van der Waals surface area contributed by atoms with E-state index in [4.69, 9.17) is 5.73 Å². The fourth-order valence-corrected chi connectivity index (χ4v) is 3.29. The zero-order valence-electron chi connectivity index (χ0n) is 9.78. The molecule has 94 valence electrons. The third-order valence-electron chi connectivity index (χ3n) is 3.13. The molecular formula is C11H17N3O2S. The number of hydrogen-bond donors (Lipinski definition) is 1. The fraction of sp³-hybridized carbons (Fsp3) is 0.545. The number of pyridine rings is 1. The van der Waals surface area contributed by atoms with E-state index in [-0.39, 0.29) is 10.9 Å². The van der Waals surface area contributed by atoms with Crippen LogP contribution < -0.4 is 5.73 Å². The quantitative estimate of drug-likeness (QED) is 0.847. The summed E-state index contributed by atoms with van der Waals surface area (Å²) in [5.41, 5.74) is 5.69. The van der Waals surface area contributed by atoms with Crippen molar-refractivity contribution >= 4 is 10.0 Å². The van der Waals surface area contributed by atoms with Gasteiger partial charge in [-0.2, -0.15) is 0 Å². The molecule has 0 spiro atoms. The molecule has 0 amide bonds. The normalized spacial score (nSPS) is 24.6. The maximum atomic E-state index is 12.1. The summed E-state index contributed by atoms with van der Waals surface area (Å²) in [5.74, 6) is 0.390. The van der Waals surface area contributed by atoms with Gasteiger partial charge < -0.3 is 5.73 Å². The van der Waals surface area contributed by atoms with Crippen LogP contribution in [0.5, 0.6) is 0 Å². The van der Waals surface area contributed by atoms with E-state index in [1.54, 1.807) is 25.4 Å². The van der Waals surface area contributed by atoms with Crippen molar-refractivity contribution in [2.24, 2.45) is 11.7 Å². The predicted molar refractivity (Wildman–Crippen MR) is 64.8 cm³/mol. The Morgan fingerprint density at radius 2 is 2.24 bits per heavy atom. The van der Waals surface area contributed by atoms with Gasteiger partial charge in [-0.1, -0.05) is 0 Å². The van der Waals surface area contributed by atoms with Gasteiger partial charge in [0.25, 0.3) is 0 Å². The zero-order valence-corrected chi connectivity index (χ0v) is 10.6. The molecule has 0 unspecified atom stereocenters. The predicted octanol–water partition coefficient (Wildman–Crippen LogP) is 0.439. The average Bonchev–Trinajstić information content (AvgIpc) is 2.28. The first-order valence-corrected chi connectivity index (χ1v) is 7.06. The third kappa shape index (κ3) is 2.65. The minimum atomic E-state index is -3.40. The number of rotatable bonds is 4. The lowest BCUT2D eigenvalue weighted by atomic mass is 9.81. The van der Waals surface area contributed by atoms with E-state index in [0.29, 0.717) is 12.5 Å². The lowest BCUT2D eigenvalue weighted by Gasteiger charge is -2.34. The molecule has 0 bridgehead atoms. The highest BCUT2D eigenvalue weighted by Gasteiger charge is 2.30. The first kappa shape index (κ1) is 12.5. The lowest BCUT2D eigenvalue weighted by Crippen LogP contribution is -2.43. The highest BCUT2D eigenvalue weighted by atomic mass is 32.2. The Balaban J connectivity index is 2.05. The van der Waals surface area contributed by atoms with Crippen molar-refractivity contribution in [1.82, 2.24) is 9.29 Å². The van der Waals surface area contributed by atoms with E-state index < -0.39 is 10.0 Å². The third-order valence-corrected chi connectivity index (χ3v) is 4.94. The maximum absolute atomic E-state index is 12.1. The van der Waals surface area contributed by atoms with Crippen LogP contribution in [0.1, 0.15) is 12.8 Å². The van der Waals surface area contributed by atoms with Crippen LogP contribution >= 0.6 is 0 Å². The molecule has 0 aromatic carbocycles. The summed E-state index contributed by atoms with van der Waals surface area (Å²) in [5, 5.41) is 0. The summed E-state index contributed by atoms with van der Waals surface area (Å²) >= 11 is 0. The number of aromatic nitrogens is 1. The van der Waals surface area contributed by atoms with Gasteiger partial charge in [0.15, 0.2) is 0 Å². The van der Waals surface area contributed by atoms with E-state index in [2.05, 4.69) is 4.98 Å². The largest absolute Gasteiger partial charge is 0.328 e. The molecule has 1 fully saturated rings. The Labute approximate surface area is 102 Å². The maximum Gasteiger partial charge on any atom is 0.244 e. The molecule has 5 nitrogen and oxygen atoms in total. The number of hydrogen-bond acceptors (Lipinski definition) is 4. The lowest BCUT2D eigenvalue weighted by molar-refractivity contribution is 0.227. The molecule has 1 aromatic heterocycles. The second-order valence-corrected chi connectivity index (χ2v) is 6.62. The van der Waals surface area contributed by atoms with E-state index in [0.717, 1.165) is 12.8 Å². The topological polar surface area (TPSA) is 76.3 Å². The van der Waals surface area contributed by atoms with Gasteiger partial charge in [0.05, 0.1) is 0 Å². The van der Waals surface area contributed by atoms with E-state index in [1.807, 2.05) is 0 Å². The summed E-state index contributed by atoms with van der Waals surface area (Å²) in [6.45, 7) is 0.533. The monoisotopic (exact) mass is 255 g/mol. The average molecular weight is 255 g/mol. The molecule has 1 saturated carbocycles. The summed E-state index contributed by atoms with van der Waals surface area (Å²) in [6, 6.07) is 3.43. The minimum Gasteiger partial charge on any atom is -0.328 e. The van der Waals surface area contributed by atoms with Gasteiger partial charge in [0.1, 0.15) is 4.90 Å². The van der Waals surface area contributed by atoms with E-state index in [9.17, 15) is 8.42 Å². The van der Waals surface area contributed by atoms with E-state index >= 15 is 0 Å². The second-order valence-electron chi connectivity index (χ2n) is 4.57. The molecular weight excluding hydrogens is 238 g/mol. The van der Waals surface area contributed by atoms with Crippen LogP contribution in [0.3, 0.4) is 0 Å². The first-order chi connectivity index (χ1) is 8.00.